The third-order valence-electron chi connectivity index (χ3n) is 2.36. The van der Waals surface area contributed by atoms with Gasteiger partial charge in [0.1, 0.15) is 12.3 Å². The molecule has 1 aromatic carbocycles. The maximum absolute atomic E-state index is 12.0. The van der Waals surface area contributed by atoms with Gasteiger partial charge in [0, 0.05) is 12.2 Å². The maximum Gasteiger partial charge on any atom is 0.323 e. The number of carbonyl (C=O) groups is 2. The zero-order valence-electron chi connectivity index (χ0n) is 11.0. The molecule has 3 N–H and O–H groups in total. The second-order valence-electron chi connectivity index (χ2n) is 4.58. The number of urea groups is 1. The fourth-order valence-corrected chi connectivity index (χ4v) is 1.44. The largest absolute Gasteiger partial charge is 0.508 e. The van der Waals surface area contributed by atoms with E-state index in [0.717, 1.165) is 4.90 Å². The molecule has 6 heteroatoms. The first-order chi connectivity index (χ1) is 8.90. The van der Waals surface area contributed by atoms with Gasteiger partial charge in [0.05, 0.1) is 0 Å². The fraction of sp³-hybridized carbons (Fsp3) is 0.385. The zero-order chi connectivity index (χ0) is 14.4. The lowest BCUT2D eigenvalue weighted by Crippen LogP contribution is -2.44. The van der Waals surface area contributed by atoms with Crippen molar-refractivity contribution in [1.29, 1.82) is 0 Å². The summed E-state index contributed by atoms with van der Waals surface area (Å²) in [5.74, 6) is -0.773. The average Bonchev–Trinajstić information content (AvgIpc) is 2.34. The number of carboxylic acids is 1. The van der Waals surface area contributed by atoms with Gasteiger partial charge in [0.2, 0.25) is 0 Å². The molecule has 1 aromatic rings. The molecule has 0 aliphatic heterocycles. The smallest absolute Gasteiger partial charge is 0.323 e. The van der Waals surface area contributed by atoms with Crippen molar-refractivity contribution < 1.29 is 19.8 Å². The average molecular weight is 266 g/mol. The first kappa shape index (κ1) is 14.8. The zero-order valence-corrected chi connectivity index (χ0v) is 11.0. The van der Waals surface area contributed by atoms with E-state index in [0.29, 0.717) is 12.2 Å². The van der Waals surface area contributed by atoms with Crippen LogP contribution in [0.5, 0.6) is 5.75 Å². The van der Waals surface area contributed by atoms with Gasteiger partial charge in [-0.05, 0) is 30.2 Å². The van der Waals surface area contributed by atoms with Gasteiger partial charge in [-0.25, -0.2) is 4.79 Å². The summed E-state index contributed by atoms with van der Waals surface area (Å²) in [4.78, 5) is 23.9. The molecular formula is C13H18N2O4. The Kier molecular flexibility index (Phi) is 5.17. The van der Waals surface area contributed by atoms with Gasteiger partial charge in [0.15, 0.2) is 0 Å². The monoisotopic (exact) mass is 266 g/mol. The topological polar surface area (TPSA) is 89.9 Å². The Morgan fingerprint density at radius 1 is 1.26 bits per heavy atom. The molecule has 0 fully saturated rings. The Morgan fingerprint density at radius 2 is 1.84 bits per heavy atom. The number of phenols is 1. The van der Waals surface area contributed by atoms with Crippen LogP contribution in [0, 0.1) is 5.92 Å². The van der Waals surface area contributed by atoms with Crippen LogP contribution in [0.3, 0.4) is 0 Å². The van der Waals surface area contributed by atoms with Crippen molar-refractivity contribution in [3.05, 3.63) is 24.3 Å². The number of aliphatic carboxylic acids is 1. The molecule has 6 nitrogen and oxygen atoms in total. The molecule has 19 heavy (non-hydrogen) atoms. The molecule has 0 saturated heterocycles. The molecular weight excluding hydrogens is 248 g/mol. The van der Waals surface area contributed by atoms with Crippen LogP contribution < -0.4 is 10.2 Å². The number of carbonyl (C=O) groups excluding carboxylic acids is 1. The number of benzene rings is 1. The van der Waals surface area contributed by atoms with Crippen LogP contribution in [0.25, 0.3) is 0 Å². The molecule has 0 unspecified atom stereocenters. The number of hydrogen-bond acceptors (Lipinski definition) is 3. The van der Waals surface area contributed by atoms with E-state index in [-0.39, 0.29) is 11.7 Å². The Morgan fingerprint density at radius 3 is 2.32 bits per heavy atom. The number of hydrogen-bond donors (Lipinski definition) is 3. The summed E-state index contributed by atoms with van der Waals surface area (Å²) in [6, 6.07) is 5.32. The number of phenolic OH excluding ortho intramolecular Hbond substituents is 1. The normalized spacial score (nSPS) is 10.3. The van der Waals surface area contributed by atoms with Crippen molar-refractivity contribution in [2.45, 2.75) is 13.8 Å². The predicted octanol–water partition coefficient (Wildman–Crippen LogP) is 1.65. The van der Waals surface area contributed by atoms with E-state index in [2.05, 4.69) is 5.32 Å². The van der Waals surface area contributed by atoms with Crippen LogP contribution in [0.4, 0.5) is 10.5 Å². The highest BCUT2D eigenvalue weighted by Crippen LogP contribution is 2.18. The molecule has 0 aromatic heterocycles. The van der Waals surface area contributed by atoms with Gasteiger partial charge < -0.3 is 15.5 Å². The van der Waals surface area contributed by atoms with Crippen molar-refractivity contribution in [3.63, 3.8) is 0 Å². The molecule has 1 rings (SSSR count). The molecule has 0 radical (unpaired) electrons. The molecule has 0 aliphatic carbocycles. The summed E-state index contributed by atoms with van der Waals surface area (Å²) in [5.41, 5.74) is 0.418. The van der Waals surface area contributed by atoms with Crippen molar-refractivity contribution in [2.24, 2.45) is 5.92 Å². The summed E-state index contributed by atoms with van der Waals surface area (Å²) in [5, 5.41) is 20.7. The standard InChI is InChI=1S/C13H18N2O4/c1-9(2)7-14-13(19)15(8-12(17)18)10-3-5-11(16)6-4-10/h3-6,9,16H,7-8H2,1-2H3,(H,14,19)(H,17,18). The van der Waals surface area contributed by atoms with E-state index in [1.165, 1.54) is 24.3 Å². The third kappa shape index (κ3) is 4.87. The summed E-state index contributed by atoms with van der Waals surface area (Å²) >= 11 is 0. The molecule has 0 saturated carbocycles. The van der Waals surface area contributed by atoms with Gasteiger partial charge in [-0.2, -0.15) is 0 Å². The first-order valence-electron chi connectivity index (χ1n) is 5.96. The van der Waals surface area contributed by atoms with E-state index < -0.39 is 18.5 Å². The Labute approximate surface area is 111 Å². The fourth-order valence-electron chi connectivity index (χ4n) is 1.44. The molecule has 0 bridgehead atoms. The number of carboxylic acid groups (broad SMARTS) is 1. The van der Waals surface area contributed by atoms with E-state index in [4.69, 9.17) is 5.11 Å². The Balaban J connectivity index is 2.84. The molecule has 0 heterocycles. The summed E-state index contributed by atoms with van der Waals surface area (Å²) in [6.07, 6.45) is 0. The lowest BCUT2D eigenvalue weighted by molar-refractivity contribution is -0.135. The van der Waals surface area contributed by atoms with Crippen LogP contribution in [-0.4, -0.2) is 35.3 Å². The first-order valence-corrected chi connectivity index (χ1v) is 5.96. The number of anilines is 1. The van der Waals surface area contributed by atoms with Crippen LogP contribution >= 0.6 is 0 Å². The lowest BCUT2D eigenvalue weighted by Gasteiger charge is -2.22. The molecule has 0 spiro atoms. The van der Waals surface area contributed by atoms with E-state index >= 15 is 0 Å². The SMILES string of the molecule is CC(C)CNC(=O)N(CC(=O)O)c1ccc(O)cc1. The quantitative estimate of drug-likeness (QED) is 0.756. The highest BCUT2D eigenvalue weighted by Gasteiger charge is 2.18. The number of nitrogens with one attached hydrogen (secondary N) is 1. The van der Waals surface area contributed by atoms with Crippen molar-refractivity contribution >= 4 is 17.7 Å². The molecule has 0 aliphatic rings. The lowest BCUT2D eigenvalue weighted by atomic mass is 10.2. The highest BCUT2D eigenvalue weighted by atomic mass is 16.4. The number of amides is 2. The Hall–Kier alpha value is -2.24. The van der Waals surface area contributed by atoms with Crippen molar-refractivity contribution in [3.8, 4) is 5.75 Å². The van der Waals surface area contributed by atoms with Gasteiger partial charge >= 0.3 is 12.0 Å². The minimum Gasteiger partial charge on any atom is -0.508 e. The van der Waals surface area contributed by atoms with E-state index in [9.17, 15) is 14.7 Å². The number of aromatic hydroxyl groups is 1. The summed E-state index contributed by atoms with van der Waals surface area (Å²) in [6.45, 7) is 3.92. The van der Waals surface area contributed by atoms with Crippen LogP contribution in [0.2, 0.25) is 0 Å². The van der Waals surface area contributed by atoms with Crippen LogP contribution in [0.15, 0.2) is 24.3 Å². The van der Waals surface area contributed by atoms with Crippen LogP contribution in [-0.2, 0) is 4.79 Å². The predicted molar refractivity (Wildman–Crippen MR) is 71.3 cm³/mol. The highest BCUT2D eigenvalue weighted by molar-refractivity contribution is 5.96. The molecule has 2 amide bonds. The van der Waals surface area contributed by atoms with Crippen LogP contribution in [0.1, 0.15) is 13.8 Å². The maximum atomic E-state index is 12.0. The second-order valence-corrected chi connectivity index (χ2v) is 4.58. The van der Waals surface area contributed by atoms with Gasteiger partial charge in [-0.15, -0.1) is 0 Å². The van der Waals surface area contributed by atoms with E-state index in [1.54, 1.807) is 0 Å². The minimum absolute atomic E-state index is 0.0570. The molecule has 0 atom stereocenters. The van der Waals surface area contributed by atoms with Gasteiger partial charge in [-0.1, -0.05) is 13.8 Å². The Bertz CT molecular complexity index is 442. The van der Waals surface area contributed by atoms with Crippen molar-refractivity contribution in [2.75, 3.05) is 18.0 Å². The molecule has 104 valence electrons. The van der Waals surface area contributed by atoms with E-state index in [1.807, 2.05) is 13.8 Å². The number of nitrogens with zero attached hydrogens (tertiary/aromatic N) is 1. The minimum atomic E-state index is -1.10. The second kappa shape index (κ2) is 6.63. The van der Waals surface area contributed by atoms with Gasteiger partial charge in [-0.3, -0.25) is 9.69 Å². The summed E-state index contributed by atoms with van der Waals surface area (Å²) < 4.78 is 0. The summed E-state index contributed by atoms with van der Waals surface area (Å²) in [7, 11) is 0. The van der Waals surface area contributed by atoms with Crippen molar-refractivity contribution in [1.82, 2.24) is 5.32 Å². The number of rotatable bonds is 5. The van der Waals surface area contributed by atoms with Gasteiger partial charge in [0.25, 0.3) is 0 Å². The third-order valence-corrected chi connectivity index (χ3v) is 2.36.